The largest absolute Gasteiger partial charge is 0.435 e. The average molecular weight is 379 g/mol. The highest BCUT2D eigenvalue weighted by molar-refractivity contribution is 5.27. The van der Waals surface area contributed by atoms with Crippen LogP contribution >= 0.6 is 0 Å². The van der Waals surface area contributed by atoms with Gasteiger partial charge in [0.1, 0.15) is 5.75 Å². The summed E-state index contributed by atoms with van der Waals surface area (Å²) in [6.45, 7) is -0.424. The molecule has 0 saturated heterocycles. The molecule has 0 aromatic heterocycles. The molecule has 0 amide bonds. The molecule has 3 rings (SSSR count). The van der Waals surface area contributed by atoms with E-state index in [9.17, 15) is 8.78 Å². The second-order valence-electron chi connectivity index (χ2n) is 8.91. The first kappa shape index (κ1) is 20.6. The molecule has 2 saturated carbocycles. The fourth-order valence-corrected chi connectivity index (χ4v) is 5.51. The first-order valence-electron chi connectivity index (χ1n) is 11.2. The molecular formula is C24H36F2O. The predicted molar refractivity (Wildman–Crippen MR) is 107 cm³/mol. The third kappa shape index (κ3) is 6.47. The minimum absolute atomic E-state index is 0.253. The molecule has 0 aliphatic heterocycles. The molecule has 0 spiro atoms. The summed E-state index contributed by atoms with van der Waals surface area (Å²) in [5.74, 6) is 4.09. The Kier molecular flexibility index (Phi) is 7.96. The van der Waals surface area contributed by atoms with Crippen LogP contribution in [0.25, 0.3) is 0 Å². The molecular weight excluding hydrogens is 342 g/mol. The van der Waals surface area contributed by atoms with Crippen LogP contribution in [0.2, 0.25) is 0 Å². The van der Waals surface area contributed by atoms with Crippen LogP contribution in [-0.4, -0.2) is 6.61 Å². The third-order valence-electron chi connectivity index (χ3n) is 7.14. The van der Waals surface area contributed by atoms with Crippen molar-refractivity contribution in [3.05, 3.63) is 29.8 Å². The lowest BCUT2D eigenvalue weighted by molar-refractivity contribution is -0.0498. The van der Waals surface area contributed by atoms with Crippen molar-refractivity contribution in [3.8, 4) is 5.75 Å². The molecule has 2 aliphatic rings. The fourth-order valence-electron chi connectivity index (χ4n) is 5.51. The van der Waals surface area contributed by atoms with Gasteiger partial charge in [-0.3, -0.25) is 0 Å². The second kappa shape index (κ2) is 10.4. The van der Waals surface area contributed by atoms with Crippen molar-refractivity contribution in [2.45, 2.75) is 90.6 Å². The Hall–Kier alpha value is -1.12. The molecule has 152 valence electrons. The summed E-state index contributed by atoms with van der Waals surface area (Å²) in [6.07, 6.45) is 16.6. The van der Waals surface area contributed by atoms with Gasteiger partial charge in [0.15, 0.2) is 0 Å². The van der Waals surface area contributed by atoms with Crippen molar-refractivity contribution in [3.63, 3.8) is 0 Å². The summed E-state index contributed by atoms with van der Waals surface area (Å²) >= 11 is 0. The van der Waals surface area contributed by atoms with Crippen LogP contribution in [0.15, 0.2) is 24.3 Å². The van der Waals surface area contributed by atoms with E-state index < -0.39 is 6.61 Å². The van der Waals surface area contributed by atoms with E-state index in [2.05, 4.69) is 11.7 Å². The minimum atomic E-state index is -2.74. The Morgan fingerprint density at radius 3 is 1.81 bits per heavy atom. The molecule has 2 fully saturated rings. The van der Waals surface area contributed by atoms with Gasteiger partial charge in [-0.2, -0.15) is 8.78 Å². The number of hydrogen-bond donors (Lipinski definition) is 0. The standard InChI is InChI=1S/C24H36F2O/c1-2-3-18-6-12-21(13-7-18)22-14-8-19(9-15-22)4-5-20-10-16-23(17-11-20)27-24(25)26/h10-11,16-19,21-22,24H,2-9,12-15H2,1H3. The zero-order chi connectivity index (χ0) is 19.1. The molecule has 0 N–H and O–H groups in total. The van der Waals surface area contributed by atoms with Crippen molar-refractivity contribution in [1.29, 1.82) is 0 Å². The van der Waals surface area contributed by atoms with Crippen LogP contribution < -0.4 is 4.74 Å². The van der Waals surface area contributed by atoms with E-state index in [1.165, 1.54) is 76.2 Å². The Labute approximate surface area is 163 Å². The van der Waals surface area contributed by atoms with E-state index in [1.54, 1.807) is 12.1 Å². The van der Waals surface area contributed by atoms with Gasteiger partial charge in [-0.25, -0.2) is 0 Å². The quantitative estimate of drug-likeness (QED) is 0.452. The van der Waals surface area contributed by atoms with Gasteiger partial charge in [-0.1, -0.05) is 57.6 Å². The molecule has 2 aliphatic carbocycles. The van der Waals surface area contributed by atoms with Crippen LogP contribution in [-0.2, 0) is 6.42 Å². The number of alkyl halides is 2. The molecule has 1 nitrogen and oxygen atoms in total. The normalized spacial score (nSPS) is 29.0. The van der Waals surface area contributed by atoms with Gasteiger partial charge in [0, 0.05) is 0 Å². The Morgan fingerprint density at radius 2 is 1.33 bits per heavy atom. The molecule has 3 heteroatoms. The smallest absolute Gasteiger partial charge is 0.387 e. The molecule has 27 heavy (non-hydrogen) atoms. The summed E-state index contributed by atoms with van der Waals surface area (Å²) in [6, 6.07) is 7.18. The Morgan fingerprint density at radius 1 is 0.815 bits per heavy atom. The molecule has 0 radical (unpaired) electrons. The molecule has 1 aromatic rings. The summed E-state index contributed by atoms with van der Waals surface area (Å²) < 4.78 is 28.8. The van der Waals surface area contributed by atoms with E-state index in [0.29, 0.717) is 0 Å². The number of halogens is 2. The molecule has 0 bridgehead atoms. The van der Waals surface area contributed by atoms with Gasteiger partial charge >= 0.3 is 6.61 Å². The first-order valence-corrected chi connectivity index (χ1v) is 11.2. The highest BCUT2D eigenvalue weighted by Gasteiger charge is 2.30. The van der Waals surface area contributed by atoms with Gasteiger partial charge in [0.2, 0.25) is 0 Å². The SMILES string of the molecule is CCCC1CCC(C2CCC(CCc3ccc(OC(F)F)cc3)CC2)CC1. The maximum absolute atomic E-state index is 12.2. The van der Waals surface area contributed by atoms with Crippen LogP contribution in [0.5, 0.6) is 5.75 Å². The predicted octanol–water partition coefficient (Wildman–Crippen LogP) is 7.63. The van der Waals surface area contributed by atoms with Crippen LogP contribution in [0.1, 0.15) is 83.1 Å². The van der Waals surface area contributed by atoms with Crippen LogP contribution in [0.4, 0.5) is 8.78 Å². The lowest BCUT2D eigenvalue weighted by atomic mass is 9.68. The van der Waals surface area contributed by atoms with Crippen molar-refractivity contribution in [2.24, 2.45) is 23.7 Å². The minimum Gasteiger partial charge on any atom is -0.435 e. The van der Waals surface area contributed by atoms with Crippen molar-refractivity contribution >= 4 is 0 Å². The first-order chi connectivity index (χ1) is 13.1. The Balaban J connectivity index is 1.35. The van der Waals surface area contributed by atoms with E-state index in [4.69, 9.17) is 0 Å². The monoisotopic (exact) mass is 378 g/mol. The third-order valence-corrected chi connectivity index (χ3v) is 7.14. The summed E-state index contributed by atoms with van der Waals surface area (Å²) in [5.41, 5.74) is 1.23. The maximum atomic E-state index is 12.2. The number of aryl methyl sites for hydroxylation is 1. The number of ether oxygens (including phenoxy) is 1. The van der Waals surface area contributed by atoms with Crippen LogP contribution in [0, 0.1) is 23.7 Å². The number of rotatable bonds is 8. The van der Waals surface area contributed by atoms with E-state index in [1.807, 2.05) is 12.1 Å². The average Bonchev–Trinajstić information content (AvgIpc) is 2.68. The van der Waals surface area contributed by atoms with Gasteiger partial charge in [0.25, 0.3) is 0 Å². The zero-order valence-electron chi connectivity index (χ0n) is 16.8. The summed E-state index contributed by atoms with van der Waals surface area (Å²) in [7, 11) is 0. The molecule has 1 aromatic carbocycles. The maximum Gasteiger partial charge on any atom is 0.387 e. The van der Waals surface area contributed by atoms with E-state index >= 15 is 0 Å². The lowest BCUT2D eigenvalue weighted by Gasteiger charge is -2.38. The van der Waals surface area contributed by atoms with Gasteiger partial charge < -0.3 is 4.74 Å². The summed E-state index contributed by atoms with van der Waals surface area (Å²) in [4.78, 5) is 0. The van der Waals surface area contributed by atoms with Gasteiger partial charge in [-0.15, -0.1) is 0 Å². The second-order valence-corrected chi connectivity index (χ2v) is 8.91. The molecule has 0 unspecified atom stereocenters. The van der Waals surface area contributed by atoms with Crippen molar-refractivity contribution < 1.29 is 13.5 Å². The number of hydrogen-bond acceptors (Lipinski definition) is 1. The van der Waals surface area contributed by atoms with E-state index in [-0.39, 0.29) is 5.75 Å². The highest BCUT2D eigenvalue weighted by atomic mass is 19.3. The number of benzene rings is 1. The topological polar surface area (TPSA) is 9.23 Å². The highest BCUT2D eigenvalue weighted by Crippen LogP contribution is 2.42. The van der Waals surface area contributed by atoms with E-state index in [0.717, 1.165) is 30.1 Å². The van der Waals surface area contributed by atoms with Crippen molar-refractivity contribution in [1.82, 2.24) is 0 Å². The lowest BCUT2D eigenvalue weighted by Crippen LogP contribution is -2.26. The van der Waals surface area contributed by atoms with Gasteiger partial charge in [-0.05, 0) is 79.9 Å². The molecule has 0 heterocycles. The zero-order valence-corrected chi connectivity index (χ0v) is 16.8. The molecule has 0 atom stereocenters. The van der Waals surface area contributed by atoms with Crippen LogP contribution in [0.3, 0.4) is 0 Å². The van der Waals surface area contributed by atoms with Crippen molar-refractivity contribution in [2.75, 3.05) is 0 Å². The fraction of sp³-hybridized carbons (Fsp3) is 0.750. The summed E-state index contributed by atoms with van der Waals surface area (Å²) in [5, 5.41) is 0. The Bertz CT molecular complexity index is 526. The van der Waals surface area contributed by atoms with Gasteiger partial charge in [0.05, 0.1) is 0 Å².